The summed E-state index contributed by atoms with van der Waals surface area (Å²) in [5, 5.41) is 3.22. The molecule has 2 aromatic rings. The lowest BCUT2D eigenvalue weighted by Crippen LogP contribution is -2.44. The average molecular weight is 288 g/mol. The van der Waals surface area contributed by atoms with Crippen molar-refractivity contribution in [3.05, 3.63) is 59.9 Å². The standard InChI is InChI=1S/C17H21FN2O/c1-17(12-19,11-13-6-4-3-5-7-13)20-16-10-14(21-2)8-9-15(16)18/h3-10,20H,11-12,19H2,1-2H3. The fourth-order valence-corrected chi connectivity index (χ4v) is 2.27. The van der Waals surface area contributed by atoms with Crippen LogP contribution in [0.3, 0.4) is 0 Å². The lowest BCUT2D eigenvalue weighted by molar-refractivity contribution is 0.413. The van der Waals surface area contributed by atoms with Crippen LogP contribution >= 0.6 is 0 Å². The zero-order valence-electron chi connectivity index (χ0n) is 12.4. The molecule has 4 heteroatoms. The average Bonchev–Trinajstić information content (AvgIpc) is 2.50. The highest BCUT2D eigenvalue weighted by atomic mass is 19.1. The van der Waals surface area contributed by atoms with Crippen LogP contribution in [0.4, 0.5) is 10.1 Å². The smallest absolute Gasteiger partial charge is 0.146 e. The molecule has 0 fully saturated rings. The number of anilines is 1. The number of nitrogens with two attached hydrogens (primary N) is 1. The number of hydrogen-bond donors (Lipinski definition) is 2. The quantitative estimate of drug-likeness (QED) is 0.858. The van der Waals surface area contributed by atoms with E-state index in [1.807, 2.05) is 37.3 Å². The highest BCUT2D eigenvalue weighted by molar-refractivity contribution is 5.51. The molecule has 0 saturated heterocycles. The summed E-state index contributed by atoms with van der Waals surface area (Å²) in [7, 11) is 1.56. The zero-order chi connectivity index (χ0) is 15.3. The molecule has 0 aliphatic rings. The summed E-state index contributed by atoms with van der Waals surface area (Å²) in [6.07, 6.45) is 0.709. The molecule has 0 aliphatic carbocycles. The Morgan fingerprint density at radius 3 is 2.52 bits per heavy atom. The Morgan fingerprint density at radius 1 is 1.19 bits per heavy atom. The van der Waals surface area contributed by atoms with Gasteiger partial charge in [0.15, 0.2) is 0 Å². The molecule has 0 amide bonds. The Morgan fingerprint density at radius 2 is 1.90 bits per heavy atom. The minimum Gasteiger partial charge on any atom is -0.497 e. The Labute approximate surface area is 124 Å². The van der Waals surface area contributed by atoms with Gasteiger partial charge in [-0.3, -0.25) is 0 Å². The number of halogens is 1. The Balaban J connectivity index is 2.21. The Bertz CT molecular complexity index is 589. The summed E-state index contributed by atoms with van der Waals surface area (Å²) in [4.78, 5) is 0. The lowest BCUT2D eigenvalue weighted by atomic mass is 9.92. The van der Waals surface area contributed by atoms with Crippen molar-refractivity contribution in [2.45, 2.75) is 18.9 Å². The van der Waals surface area contributed by atoms with Gasteiger partial charge in [-0.1, -0.05) is 30.3 Å². The van der Waals surface area contributed by atoms with Crippen molar-refractivity contribution in [3.63, 3.8) is 0 Å². The second-order valence-electron chi connectivity index (χ2n) is 5.40. The van der Waals surface area contributed by atoms with E-state index in [0.29, 0.717) is 24.4 Å². The molecule has 0 spiro atoms. The molecular formula is C17H21FN2O. The minimum absolute atomic E-state index is 0.316. The maximum Gasteiger partial charge on any atom is 0.146 e. The van der Waals surface area contributed by atoms with Crippen LogP contribution in [0.2, 0.25) is 0 Å². The maximum atomic E-state index is 14.0. The van der Waals surface area contributed by atoms with Crippen molar-refractivity contribution in [3.8, 4) is 5.75 Å². The van der Waals surface area contributed by atoms with Crippen LogP contribution in [0, 0.1) is 5.82 Å². The fraction of sp³-hybridized carbons (Fsp3) is 0.294. The number of ether oxygens (including phenoxy) is 1. The molecule has 1 unspecified atom stereocenters. The molecule has 0 radical (unpaired) electrons. The van der Waals surface area contributed by atoms with Gasteiger partial charge < -0.3 is 15.8 Å². The SMILES string of the molecule is COc1ccc(F)c(NC(C)(CN)Cc2ccccc2)c1. The molecule has 2 aromatic carbocycles. The second-order valence-corrected chi connectivity index (χ2v) is 5.40. The molecule has 0 heterocycles. The van der Waals surface area contributed by atoms with Gasteiger partial charge in [0.25, 0.3) is 0 Å². The van der Waals surface area contributed by atoms with Gasteiger partial charge in [0.2, 0.25) is 0 Å². The van der Waals surface area contributed by atoms with E-state index in [9.17, 15) is 4.39 Å². The summed E-state index contributed by atoms with van der Waals surface area (Å²) in [6.45, 7) is 2.37. The van der Waals surface area contributed by atoms with Crippen LogP contribution in [-0.2, 0) is 6.42 Å². The summed E-state index contributed by atoms with van der Waals surface area (Å²) in [5.74, 6) is 0.293. The first-order valence-electron chi connectivity index (χ1n) is 6.92. The topological polar surface area (TPSA) is 47.3 Å². The monoisotopic (exact) mass is 288 g/mol. The van der Waals surface area contributed by atoms with Crippen molar-refractivity contribution < 1.29 is 9.13 Å². The number of rotatable bonds is 6. The van der Waals surface area contributed by atoms with Gasteiger partial charge in [-0.05, 0) is 31.0 Å². The molecule has 0 bridgehead atoms. The molecule has 1 atom stereocenters. The van der Waals surface area contributed by atoms with Crippen LogP contribution in [0.1, 0.15) is 12.5 Å². The molecule has 112 valence electrons. The van der Waals surface area contributed by atoms with Gasteiger partial charge in [0.05, 0.1) is 18.3 Å². The van der Waals surface area contributed by atoms with Gasteiger partial charge >= 0.3 is 0 Å². The predicted octanol–water partition coefficient (Wildman–Crippen LogP) is 3.21. The van der Waals surface area contributed by atoms with Crippen molar-refractivity contribution in [1.82, 2.24) is 0 Å². The fourth-order valence-electron chi connectivity index (χ4n) is 2.27. The summed E-state index contributed by atoms with van der Waals surface area (Å²) >= 11 is 0. The van der Waals surface area contributed by atoms with E-state index in [-0.39, 0.29) is 5.82 Å². The largest absolute Gasteiger partial charge is 0.497 e. The van der Waals surface area contributed by atoms with E-state index in [1.165, 1.54) is 6.07 Å². The molecule has 0 aromatic heterocycles. The number of methoxy groups -OCH3 is 1. The summed E-state index contributed by atoms with van der Waals surface area (Å²) < 4.78 is 19.1. The highest BCUT2D eigenvalue weighted by Crippen LogP contribution is 2.25. The van der Waals surface area contributed by atoms with Crippen molar-refractivity contribution in [2.24, 2.45) is 5.73 Å². The number of hydrogen-bond acceptors (Lipinski definition) is 3. The third kappa shape index (κ3) is 3.95. The molecule has 2 rings (SSSR count). The van der Waals surface area contributed by atoms with Gasteiger partial charge in [-0.15, -0.1) is 0 Å². The van der Waals surface area contributed by atoms with E-state index < -0.39 is 5.54 Å². The highest BCUT2D eigenvalue weighted by Gasteiger charge is 2.24. The van der Waals surface area contributed by atoms with E-state index in [2.05, 4.69) is 5.32 Å². The third-order valence-electron chi connectivity index (χ3n) is 3.50. The van der Waals surface area contributed by atoms with E-state index >= 15 is 0 Å². The Kier molecular flexibility index (Phi) is 4.81. The predicted molar refractivity (Wildman–Crippen MR) is 84.2 cm³/mol. The van der Waals surface area contributed by atoms with Gasteiger partial charge in [0.1, 0.15) is 11.6 Å². The van der Waals surface area contributed by atoms with Crippen molar-refractivity contribution >= 4 is 5.69 Å². The number of benzene rings is 2. The van der Waals surface area contributed by atoms with Crippen molar-refractivity contribution in [2.75, 3.05) is 19.0 Å². The second kappa shape index (κ2) is 6.59. The van der Waals surface area contributed by atoms with Crippen LogP contribution in [-0.4, -0.2) is 19.2 Å². The normalized spacial score (nSPS) is 13.5. The van der Waals surface area contributed by atoms with Crippen LogP contribution in [0.15, 0.2) is 48.5 Å². The zero-order valence-corrected chi connectivity index (χ0v) is 12.4. The first-order chi connectivity index (χ1) is 10.1. The first-order valence-corrected chi connectivity index (χ1v) is 6.92. The first kappa shape index (κ1) is 15.3. The van der Waals surface area contributed by atoms with Gasteiger partial charge in [-0.25, -0.2) is 4.39 Å². The molecule has 0 aliphatic heterocycles. The lowest BCUT2D eigenvalue weighted by Gasteiger charge is -2.31. The van der Waals surface area contributed by atoms with Crippen molar-refractivity contribution in [1.29, 1.82) is 0 Å². The van der Waals surface area contributed by atoms with Gasteiger partial charge in [0, 0.05) is 12.6 Å². The van der Waals surface area contributed by atoms with E-state index in [1.54, 1.807) is 19.2 Å². The van der Waals surface area contributed by atoms with Crippen LogP contribution in [0.25, 0.3) is 0 Å². The molecule has 0 saturated carbocycles. The Hall–Kier alpha value is -2.07. The molecular weight excluding hydrogens is 267 g/mol. The van der Waals surface area contributed by atoms with E-state index in [4.69, 9.17) is 10.5 Å². The maximum absolute atomic E-state index is 14.0. The number of nitrogens with one attached hydrogen (secondary N) is 1. The third-order valence-corrected chi connectivity index (χ3v) is 3.50. The summed E-state index contributed by atoms with van der Waals surface area (Å²) in [5.41, 5.74) is 7.03. The molecule has 3 nitrogen and oxygen atoms in total. The minimum atomic E-state index is -0.436. The van der Waals surface area contributed by atoms with Crippen LogP contribution in [0.5, 0.6) is 5.75 Å². The van der Waals surface area contributed by atoms with Crippen LogP contribution < -0.4 is 15.8 Å². The van der Waals surface area contributed by atoms with E-state index in [0.717, 1.165) is 5.56 Å². The summed E-state index contributed by atoms with van der Waals surface area (Å²) in [6, 6.07) is 14.6. The van der Waals surface area contributed by atoms with Gasteiger partial charge in [-0.2, -0.15) is 0 Å². The molecule has 21 heavy (non-hydrogen) atoms. The molecule has 3 N–H and O–H groups in total.